The summed E-state index contributed by atoms with van der Waals surface area (Å²) in [4.78, 5) is 59.2. The molecule has 3 heterocycles. The summed E-state index contributed by atoms with van der Waals surface area (Å²) < 4.78 is 6.93. The highest BCUT2D eigenvalue weighted by Gasteiger charge is 2.66. The molecule has 2 N–H and O–H groups in total. The summed E-state index contributed by atoms with van der Waals surface area (Å²) in [5.74, 6) is -1.16. The molecule has 0 aromatic heterocycles. The van der Waals surface area contributed by atoms with Crippen molar-refractivity contribution in [2.45, 2.75) is 50.2 Å². The van der Waals surface area contributed by atoms with Gasteiger partial charge in [-0.05, 0) is 54.4 Å². The molecule has 3 amide bonds. The predicted octanol–water partition coefficient (Wildman–Crippen LogP) is 5.87. The molecule has 10 heteroatoms. The quantitative estimate of drug-likeness (QED) is 0.161. The third-order valence-electron chi connectivity index (χ3n) is 10.4. The van der Waals surface area contributed by atoms with Crippen molar-refractivity contribution in [3.63, 3.8) is 0 Å². The molecule has 49 heavy (non-hydrogen) atoms. The van der Waals surface area contributed by atoms with Gasteiger partial charge >= 0.3 is 0 Å². The summed E-state index contributed by atoms with van der Waals surface area (Å²) in [5.41, 5.74) is 2.20. The van der Waals surface area contributed by atoms with Crippen LogP contribution in [-0.4, -0.2) is 66.6 Å². The molecule has 0 radical (unpaired) electrons. The van der Waals surface area contributed by atoms with E-state index >= 15 is 0 Å². The minimum atomic E-state index is -3.06. The van der Waals surface area contributed by atoms with Gasteiger partial charge in [-0.2, -0.15) is 0 Å². The van der Waals surface area contributed by atoms with Crippen LogP contribution in [0.3, 0.4) is 0 Å². The van der Waals surface area contributed by atoms with E-state index in [0.29, 0.717) is 29.0 Å². The van der Waals surface area contributed by atoms with Crippen molar-refractivity contribution in [1.82, 2.24) is 4.90 Å². The number of hydrogen-bond acceptors (Lipinski definition) is 6. The smallest absolute Gasteiger partial charge is 0.264 e. The molecule has 0 aliphatic carbocycles. The highest BCUT2D eigenvalue weighted by atomic mass is 28.4. The molecule has 3 aliphatic heterocycles. The van der Waals surface area contributed by atoms with E-state index in [1.54, 1.807) is 20.8 Å². The Bertz CT molecular complexity index is 1970. The molecule has 0 unspecified atom stereocenters. The molecule has 1 fully saturated rings. The number of hydrogen-bond donors (Lipinski definition) is 2. The maximum atomic E-state index is 14.7. The second kappa shape index (κ2) is 12.4. The van der Waals surface area contributed by atoms with Crippen molar-refractivity contribution < 1.29 is 29.0 Å². The number of nitrogens with zero attached hydrogens (tertiary/aromatic N) is 3. The van der Waals surface area contributed by atoms with Crippen LogP contribution in [-0.2, 0) is 26.5 Å². The summed E-state index contributed by atoms with van der Waals surface area (Å²) in [5, 5.41) is 11.7. The summed E-state index contributed by atoms with van der Waals surface area (Å²) in [7, 11) is -3.06. The summed E-state index contributed by atoms with van der Waals surface area (Å²) in [6, 6.07) is 26.7. The van der Waals surface area contributed by atoms with Gasteiger partial charge in [0.15, 0.2) is 13.9 Å². The van der Waals surface area contributed by atoms with Crippen molar-refractivity contribution in [3.8, 4) is 0 Å². The Morgan fingerprint density at radius 2 is 1.76 bits per heavy atom. The zero-order chi connectivity index (χ0) is 34.7. The van der Waals surface area contributed by atoms with Crippen LogP contribution in [0.1, 0.15) is 34.8 Å². The number of fused-ring (bicyclic) bond motifs is 2. The fourth-order valence-electron chi connectivity index (χ4n) is 8.40. The lowest BCUT2D eigenvalue weighted by molar-refractivity contribution is -0.149. The molecule has 7 rings (SSSR count). The van der Waals surface area contributed by atoms with Gasteiger partial charge in [-0.3, -0.25) is 19.3 Å². The molecule has 0 bridgehead atoms. The Hall–Kier alpha value is -4.61. The first-order valence-corrected chi connectivity index (χ1v) is 19.8. The van der Waals surface area contributed by atoms with E-state index in [1.165, 1.54) is 0 Å². The van der Waals surface area contributed by atoms with E-state index in [9.17, 15) is 24.3 Å². The van der Waals surface area contributed by atoms with E-state index in [1.807, 2.05) is 105 Å². The van der Waals surface area contributed by atoms with E-state index in [-0.39, 0.29) is 43.8 Å². The number of rotatable bonds is 10. The van der Waals surface area contributed by atoms with E-state index < -0.39 is 31.5 Å². The van der Waals surface area contributed by atoms with Crippen LogP contribution in [0.25, 0.3) is 10.8 Å². The van der Waals surface area contributed by atoms with Crippen molar-refractivity contribution in [1.29, 1.82) is 0 Å². The van der Waals surface area contributed by atoms with Crippen LogP contribution >= 0.6 is 0 Å². The monoisotopic (exact) mass is 675 g/mol. The number of aliphatic hydroxyl groups excluding tert-OH is 1. The van der Waals surface area contributed by atoms with Crippen molar-refractivity contribution in [2.75, 3.05) is 29.5 Å². The zero-order valence-corrected chi connectivity index (χ0v) is 29.0. The molecular formula is C39H41N3O6Si. The number of amides is 3. The normalized spacial score (nSPS) is 22.8. The molecule has 4 aromatic rings. The van der Waals surface area contributed by atoms with E-state index in [0.717, 1.165) is 22.0 Å². The van der Waals surface area contributed by atoms with E-state index in [2.05, 4.69) is 6.58 Å². The van der Waals surface area contributed by atoms with Crippen molar-refractivity contribution >= 4 is 53.9 Å². The first-order chi connectivity index (χ1) is 23.5. The number of benzene rings is 4. The van der Waals surface area contributed by atoms with Gasteiger partial charge in [0.25, 0.3) is 11.8 Å². The molecule has 1 spiro atoms. The lowest BCUT2D eigenvalue weighted by atomic mass is 9.82. The fourth-order valence-corrected chi connectivity index (χ4v) is 11.0. The molecule has 1 saturated heterocycles. The number of carbonyl (C=O) groups excluding carboxylic acids is 3. The van der Waals surface area contributed by atoms with Crippen LogP contribution < -0.4 is 9.80 Å². The molecule has 9 nitrogen and oxygen atoms in total. The Labute approximate surface area is 287 Å². The van der Waals surface area contributed by atoms with Crippen LogP contribution in [0, 0.1) is 5.92 Å². The highest BCUT2D eigenvalue weighted by Crippen LogP contribution is 2.60. The van der Waals surface area contributed by atoms with Gasteiger partial charge in [-0.25, -0.2) is 0 Å². The SMILES string of the molecule is C=CCN1C(=O)[C@@]2(O[C@@H](CC(=O)N(CCO)Cc3ccccc3)[C@H]([Si](C)(C)O)[C@H]2C)c2cc(N3C(=O)c4cccc5cccc3c45)ccc21. The lowest BCUT2D eigenvalue weighted by Crippen LogP contribution is -2.46. The average Bonchev–Trinajstić information content (AvgIpc) is 3.63. The first-order valence-electron chi connectivity index (χ1n) is 16.8. The largest absolute Gasteiger partial charge is 0.432 e. The highest BCUT2D eigenvalue weighted by molar-refractivity contribution is 6.71. The Morgan fingerprint density at radius 1 is 1.02 bits per heavy atom. The summed E-state index contributed by atoms with van der Waals surface area (Å²) in [6.07, 6.45) is 0.836. The van der Waals surface area contributed by atoms with Gasteiger partial charge < -0.3 is 24.4 Å². The maximum absolute atomic E-state index is 14.7. The van der Waals surface area contributed by atoms with E-state index in [4.69, 9.17) is 4.74 Å². The van der Waals surface area contributed by atoms with Gasteiger partial charge in [-0.1, -0.05) is 67.6 Å². The van der Waals surface area contributed by atoms with Gasteiger partial charge in [0.05, 0.1) is 36.1 Å². The molecule has 3 aliphatic rings. The van der Waals surface area contributed by atoms with Gasteiger partial charge in [-0.15, -0.1) is 6.58 Å². The predicted molar refractivity (Wildman–Crippen MR) is 192 cm³/mol. The van der Waals surface area contributed by atoms with Gasteiger partial charge in [0.2, 0.25) is 5.91 Å². The minimum Gasteiger partial charge on any atom is -0.432 e. The van der Waals surface area contributed by atoms with Crippen molar-refractivity contribution in [3.05, 3.63) is 114 Å². The third kappa shape index (κ3) is 5.21. The Morgan fingerprint density at radius 3 is 2.45 bits per heavy atom. The zero-order valence-electron chi connectivity index (χ0n) is 28.0. The topological polar surface area (TPSA) is 111 Å². The Balaban J connectivity index is 1.30. The fraction of sp³-hybridized carbons (Fsp3) is 0.308. The molecule has 4 aromatic carbocycles. The molecule has 4 atom stereocenters. The maximum Gasteiger partial charge on any atom is 0.264 e. The molecular weight excluding hydrogens is 635 g/mol. The molecule has 0 saturated carbocycles. The van der Waals surface area contributed by atoms with Crippen LogP contribution in [0.2, 0.25) is 18.6 Å². The minimum absolute atomic E-state index is 0.0632. The second-order valence-corrected chi connectivity index (χ2v) is 17.8. The number of carbonyl (C=O) groups is 3. The van der Waals surface area contributed by atoms with Gasteiger partial charge in [0.1, 0.15) is 0 Å². The number of ether oxygens (including phenoxy) is 1. The van der Waals surface area contributed by atoms with Crippen LogP contribution in [0.4, 0.5) is 17.1 Å². The first kappa shape index (κ1) is 32.9. The van der Waals surface area contributed by atoms with Crippen LogP contribution in [0.15, 0.2) is 97.6 Å². The standard InChI is InChI=1S/C39H41N3O6Si/c1-5-19-41-31-18-17-28(42-32-16-10-14-27-13-9-15-29(35(27)32)37(42)45)22-30(31)39(38(41)46)25(2)36(49(3,4)47)33(48-39)23-34(44)40(20-21-43)24-26-11-7-6-8-12-26/h5-18,22,25,33,36,43,47H,1,19-21,23-24H2,2-4H3/t25-,33+,36-,39+/m1/s1. The third-order valence-corrected chi connectivity index (χ3v) is 12.9. The van der Waals surface area contributed by atoms with Crippen molar-refractivity contribution in [2.24, 2.45) is 5.92 Å². The average molecular weight is 676 g/mol. The summed E-state index contributed by atoms with van der Waals surface area (Å²) in [6.45, 7) is 9.96. The lowest BCUT2D eigenvalue weighted by Gasteiger charge is -2.33. The number of anilines is 3. The summed E-state index contributed by atoms with van der Waals surface area (Å²) >= 11 is 0. The molecule has 252 valence electrons. The Kier molecular flexibility index (Phi) is 8.31. The van der Waals surface area contributed by atoms with Gasteiger partial charge in [0, 0.05) is 47.7 Å². The number of aliphatic hydroxyl groups is 1. The second-order valence-electron chi connectivity index (χ2n) is 13.8. The van der Waals surface area contributed by atoms with Crippen LogP contribution in [0.5, 0.6) is 0 Å².